The minimum atomic E-state index is -0.0156. The first-order valence-electron chi connectivity index (χ1n) is 10.2. The van der Waals surface area contributed by atoms with Crippen LogP contribution in [0.4, 0.5) is 0 Å². The molecule has 0 aromatic heterocycles. The summed E-state index contributed by atoms with van der Waals surface area (Å²) in [4.78, 5) is 36.7. The number of nitrogens with one attached hydrogen (secondary N) is 1. The Morgan fingerprint density at radius 2 is 1.71 bits per heavy atom. The standard InChI is InChI=1S/C19H36N6O3/c1-5-16(2)21-19(20-14-17(26)22(3)4)25-8-6-23(7-9-25)15-18(27)24-10-12-28-13-11-24/h16H,5-15H2,1-4H3,(H,20,21). The number of guanidine groups is 1. The summed E-state index contributed by atoms with van der Waals surface area (Å²) in [7, 11) is 3.48. The van der Waals surface area contributed by atoms with Gasteiger partial charge in [0, 0.05) is 59.4 Å². The molecule has 2 amide bonds. The van der Waals surface area contributed by atoms with E-state index >= 15 is 0 Å². The zero-order chi connectivity index (χ0) is 20.5. The summed E-state index contributed by atoms with van der Waals surface area (Å²) in [5.41, 5.74) is 0. The predicted octanol–water partition coefficient (Wildman–Crippen LogP) is -0.705. The van der Waals surface area contributed by atoms with Crippen LogP contribution in [0.25, 0.3) is 0 Å². The number of aliphatic imine (C=N–C) groups is 1. The van der Waals surface area contributed by atoms with Crippen LogP contribution < -0.4 is 5.32 Å². The first-order valence-corrected chi connectivity index (χ1v) is 10.2. The van der Waals surface area contributed by atoms with Gasteiger partial charge in [-0.3, -0.25) is 14.5 Å². The van der Waals surface area contributed by atoms with Gasteiger partial charge >= 0.3 is 0 Å². The summed E-state index contributed by atoms with van der Waals surface area (Å²) in [6, 6.07) is 0.286. The highest BCUT2D eigenvalue weighted by atomic mass is 16.5. The smallest absolute Gasteiger partial charge is 0.243 e. The maximum absolute atomic E-state index is 12.4. The lowest BCUT2D eigenvalue weighted by Crippen LogP contribution is -2.56. The van der Waals surface area contributed by atoms with E-state index in [1.54, 1.807) is 19.0 Å². The van der Waals surface area contributed by atoms with Crippen LogP contribution in [0.3, 0.4) is 0 Å². The maximum Gasteiger partial charge on any atom is 0.243 e. The van der Waals surface area contributed by atoms with E-state index in [1.807, 2.05) is 4.90 Å². The van der Waals surface area contributed by atoms with Gasteiger partial charge < -0.3 is 24.8 Å². The molecular formula is C19H36N6O3. The first-order chi connectivity index (χ1) is 13.4. The van der Waals surface area contributed by atoms with Crippen LogP contribution in [0.15, 0.2) is 4.99 Å². The normalized spacial score (nSPS) is 20.1. The molecule has 9 nitrogen and oxygen atoms in total. The molecule has 0 aliphatic carbocycles. The van der Waals surface area contributed by atoms with E-state index in [0.29, 0.717) is 32.8 Å². The number of morpholine rings is 1. The van der Waals surface area contributed by atoms with E-state index in [0.717, 1.165) is 38.6 Å². The van der Waals surface area contributed by atoms with Crippen molar-refractivity contribution < 1.29 is 14.3 Å². The van der Waals surface area contributed by atoms with Crippen molar-refractivity contribution in [3.63, 3.8) is 0 Å². The zero-order valence-electron chi connectivity index (χ0n) is 17.8. The van der Waals surface area contributed by atoms with E-state index in [4.69, 9.17) is 4.74 Å². The zero-order valence-corrected chi connectivity index (χ0v) is 17.8. The van der Waals surface area contributed by atoms with Gasteiger partial charge in [0.25, 0.3) is 0 Å². The van der Waals surface area contributed by atoms with Gasteiger partial charge in [0.2, 0.25) is 11.8 Å². The van der Waals surface area contributed by atoms with Crippen LogP contribution in [0.5, 0.6) is 0 Å². The molecule has 2 heterocycles. The highest BCUT2D eigenvalue weighted by molar-refractivity contribution is 5.85. The lowest BCUT2D eigenvalue weighted by atomic mass is 10.2. The number of rotatable bonds is 6. The van der Waals surface area contributed by atoms with Gasteiger partial charge in [-0.1, -0.05) is 6.92 Å². The molecule has 2 fully saturated rings. The van der Waals surface area contributed by atoms with E-state index < -0.39 is 0 Å². The molecule has 2 rings (SSSR count). The monoisotopic (exact) mass is 396 g/mol. The average molecular weight is 397 g/mol. The largest absolute Gasteiger partial charge is 0.378 e. The van der Waals surface area contributed by atoms with E-state index in [2.05, 4.69) is 34.0 Å². The molecular weight excluding hydrogens is 360 g/mol. The van der Waals surface area contributed by atoms with Crippen LogP contribution in [-0.2, 0) is 14.3 Å². The third-order valence-electron chi connectivity index (χ3n) is 5.25. The SMILES string of the molecule is CCC(C)NC(=NCC(=O)N(C)C)N1CCN(CC(=O)N2CCOCC2)CC1. The topological polar surface area (TPSA) is 80.7 Å². The van der Waals surface area contributed by atoms with Crippen LogP contribution in [0, 0.1) is 0 Å². The fourth-order valence-corrected chi connectivity index (χ4v) is 3.07. The second kappa shape index (κ2) is 11.2. The molecule has 0 saturated carbocycles. The van der Waals surface area contributed by atoms with Crippen molar-refractivity contribution in [2.45, 2.75) is 26.3 Å². The molecule has 9 heteroatoms. The summed E-state index contributed by atoms with van der Waals surface area (Å²) in [5, 5.41) is 3.44. The van der Waals surface area contributed by atoms with Crippen molar-refractivity contribution in [2.24, 2.45) is 4.99 Å². The Labute approximate surface area is 168 Å². The van der Waals surface area contributed by atoms with Crippen LogP contribution in [-0.4, -0.2) is 123 Å². The Balaban J connectivity index is 1.88. The molecule has 1 N–H and O–H groups in total. The number of nitrogens with zero attached hydrogens (tertiary/aromatic N) is 5. The Morgan fingerprint density at radius 3 is 2.29 bits per heavy atom. The summed E-state index contributed by atoms with van der Waals surface area (Å²) >= 11 is 0. The second-order valence-corrected chi connectivity index (χ2v) is 7.64. The summed E-state index contributed by atoms with van der Waals surface area (Å²) in [6.45, 7) is 10.7. The number of piperazine rings is 1. The minimum Gasteiger partial charge on any atom is -0.378 e. The van der Waals surface area contributed by atoms with Gasteiger partial charge in [0.1, 0.15) is 6.54 Å². The number of hydrogen-bond acceptors (Lipinski definition) is 5. The molecule has 28 heavy (non-hydrogen) atoms. The van der Waals surface area contributed by atoms with Gasteiger partial charge in [-0.15, -0.1) is 0 Å². The molecule has 0 bridgehead atoms. The fourth-order valence-electron chi connectivity index (χ4n) is 3.07. The van der Waals surface area contributed by atoms with E-state index in [1.165, 1.54) is 0 Å². The van der Waals surface area contributed by atoms with Gasteiger partial charge in [0.15, 0.2) is 5.96 Å². The Morgan fingerprint density at radius 1 is 1.07 bits per heavy atom. The van der Waals surface area contributed by atoms with E-state index in [-0.39, 0.29) is 24.4 Å². The highest BCUT2D eigenvalue weighted by Crippen LogP contribution is 2.06. The van der Waals surface area contributed by atoms with Gasteiger partial charge in [-0.05, 0) is 13.3 Å². The first kappa shape index (κ1) is 22.4. The van der Waals surface area contributed by atoms with E-state index in [9.17, 15) is 9.59 Å². The van der Waals surface area contributed by atoms with Crippen molar-refractivity contribution in [3.05, 3.63) is 0 Å². The lowest BCUT2D eigenvalue weighted by molar-refractivity contribution is -0.136. The van der Waals surface area contributed by atoms with Gasteiger partial charge in [-0.2, -0.15) is 0 Å². The van der Waals surface area contributed by atoms with Crippen molar-refractivity contribution in [2.75, 3.05) is 79.7 Å². The maximum atomic E-state index is 12.4. The second-order valence-electron chi connectivity index (χ2n) is 7.64. The fraction of sp³-hybridized carbons (Fsp3) is 0.842. The molecule has 0 radical (unpaired) electrons. The summed E-state index contributed by atoms with van der Waals surface area (Å²) in [6.07, 6.45) is 0.981. The quantitative estimate of drug-likeness (QED) is 0.472. The summed E-state index contributed by atoms with van der Waals surface area (Å²) in [5.74, 6) is 0.946. The van der Waals surface area contributed by atoms with Crippen LogP contribution >= 0.6 is 0 Å². The molecule has 0 spiro atoms. The molecule has 160 valence electrons. The summed E-state index contributed by atoms with van der Waals surface area (Å²) < 4.78 is 5.31. The molecule has 1 atom stereocenters. The average Bonchev–Trinajstić information content (AvgIpc) is 2.71. The molecule has 2 aliphatic heterocycles. The molecule has 2 saturated heterocycles. The molecule has 0 aromatic carbocycles. The number of carbonyl (C=O) groups excluding carboxylic acids is 2. The lowest BCUT2D eigenvalue weighted by Gasteiger charge is -2.38. The number of carbonyl (C=O) groups is 2. The molecule has 1 unspecified atom stereocenters. The predicted molar refractivity (Wildman–Crippen MR) is 109 cm³/mol. The third-order valence-corrected chi connectivity index (χ3v) is 5.25. The Bertz CT molecular complexity index is 540. The highest BCUT2D eigenvalue weighted by Gasteiger charge is 2.24. The molecule has 0 aromatic rings. The Hall–Kier alpha value is -1.87. The number of ether oxygens (including phenoxy) is 1. The number of likely N-dealkylation sites (N-methyl/N-ethyl adjacent to an activating group) is 1. The minimum absolute atomic E-state index is 0.0156. The van der Waals surface area contributed by atoms with Crippen molar-refractivity contribution in [1.29, 1.82) is 0 Å². The van der Waals surface area contributed by atoms with Gasteiger partial charge in [-0.25, -0.2) is 4.99 Å². The van der Waals surface area contributed by atoms with Crippen molar-refractivity contribution in [1.82, 2.24) is 24.9 Å². The van der Waals surface area contributed by atoms with Gasteiger partial charge in [0.05, 0.1) is 19.8 Å². The Kier molecular flexibility index (Phi) is 8.98. The third kappa shape index (κ3) is 6.94. The van der Waals surface area contributed by atoms with Crippen molar-refractivity contribution in [3.8, 4) is 0 Å². The van der Waals surface area contributed by atoms with Crippen LogP contribution in [0.1, 0.15) is 20.3 Å². The molecule has 2 aliphatic rings. The number of amides is 2. The van der Waals surface area contributed by atoms with Crippen LogP contribution in [0.2, 0.25) is 0 Å². The van der Waals surface area contributed by atoms with Crippen molar-refractivity contribution >= 4 is 17.8 Å². The number of hydrogen-bond donors (Lipinski definition) is 1.